The van der Waals surface area contributed by atoms with Gasteiger partial charge in [-0.1, -0.05) is 42.5 Å². The molecule has 1 amide bonds. The van der Waals surface area contributed by atoms with Crippen LogP contribution >= 0.6 is 0 Å². The quantitative estimate of drug-likeness (QED) is 0.492. The molecule has 7 nitrogen and oxygen atoms in total. The molecule has 1 unspecified atom stereocenters. The van der Waals surface area contributed by atoms with E-state index in [-0.39, 0.29) is 5.91 Å². The van der Waals surface area contributed by atoms with Gasteiger partial charge < -0.3 is 15.3 Å². The second-order valence-corrected chi connectivity index (χ2v) is 8.32. The Hall–Kier alpha value is -3.13. The molecule has 2 aromatic heterocycles. The largest absolute Gasteiger partial charge is 0.387 e. The summed E-state index contributed by atoms with van der Waals surface area (Å²) in [7, 11) is 0. The molecule has 0 spiro atoms. The Balaban J connectivity index is 1.18. The first-order valence-electron chi connectivity index (χ1n) is 11.5. The monoisotopic (exact) mass is 445 g/mol. The molecule has 2 N–H and O–H groups in total. The van der Waals surface area contributed by atoms with E-state index in [0.29, 0.717) is 25.3 Å². The van der Waals surface area contributed by atoms with Crippen LogP contribution in [0.1, 0.15) is 33.4 Å². The Morgan fingerprint density at radius 2 is 1.76 bits per heavy atom. The van der Waals surface area contributed by atoms with E-state index in [1.165, 1.54) is 0 Å². The van der Waals surface area contributed by atoms with Gasteiger partial charge in [-0.2, -0.15) is 0 Å². The van der Waals surface area contributed by atoms with Gasteiger partial charge in [-0.15, -0.1) is 0 Å². The maximum Gasteiger partial charge on any atom is 0.272 e. The highest BCUT2D eigenvalue weighted by atomic mass is 16.3. The number of pyridine rings is 2. The molecule has 1 aliphatic rings. The average molecular weight is 446 g/mol. The van der Waals surface area contributed by atoms with Gasteiger partial charge in [0.1, 0.15) is 5.69 Å². The number of piperazine rings is 1. The summed E-state index contributed by atoms with van der Waals surface area (Å²) in [6.07, 6.45) is 3.86. The zero-order valence-corrected chi connectivity index (χ0v) is 18.8. The minimum Gasteiger partial charge on any atom is -0.387 e. The molecule has 0 bridgehead atoms. The maximum atomic E-state index is 12.8. The van der Waals surface area contributed by atoms with Crippen LogP contribution < -0.4 is 5.32 Å². The molecule has 1 atom stereocenters. The molecule has 0 aliphatic carbocycles. The summed E-state index contributed by atoms with van der Waals surface area (Å²) >= 11 is 0. The van der Waals surface area contributed by atoms with Crippen LogP contribution in [0, 0.1) is 0 Å². The minimum atomic E-state index is -0.520. The molecular weight excluding hydrogens is 414 g/mol. The number of carbonyl (C=O) groups excluding carboxylic acids is 1. The van der Waals surface area contributed by atoms with Gasteiger partial charge in [-0.05, 0) is 42.3 Å². The third kappa shape index (κ3) is 6.68. The number of benzene rings is 1. The Kier molecular flexibility index (Phi) is 8.14. The molecule has 1 saturated heterocycles. The van der Waals surface area contributed by atoms with Crippen molar-refractivity contribution in [2.24, 2.45) is 0 Å². The first kappa shape index (κ1) is 23.0. The molecule has 33 heavy (non-hydrogen) atoms. The van der Waals surface area contributed by atoms with Gasteiger partial charge in [0.15, 0.2) is 0 Å². The molecule has 172 valence electrons. The van der Waals surface area contributed by atoms with E-state index in [1.54, 1.807) is 6.20 Å². The van der Waals surface area contributed by atoms with Crippen molar-refractivity contribution in [2.75, 3.05) is 39.3 Å². The zero-order chi connectivity index (χ0) is 22.9. The van der Waals surface area contributed by atoms with Gasteiger partial charge in [0.2, 0.25) is 0 Å². The Morgan fingerprint density at radius 3 is 2.45 bits per heavy atom. The van der Waals surface area contributed by atoms with Gasteiger partial charge in [0.05, 0.1) is 11.8 Å². The van der Waals surface area contributed by atoms with Crippen LogP contribution in [-0.2, 0) is 13.0 Å². The van der Waals surface area contributed by atoms with E-state index in [0.717, 1.165) is 49.4 Å². The van der Waals surface area contributed by atoms with Crippen molar-refractivity contribution in [2.45, 2.75) is 19.1 Å². The van der Waals surface area contributed by atoms with Crippen molar-refractivity contribution in [3.8, 4) is 0 Å². The highest BCUT2D eigenvalue weighted by Crippen LogP contribution is 2.12. The summed E-state index contributed by atoms with van der Waals surface area (Å²) in [4.78, 5) is 25.8. The summed E-state index contributed by atoms with van der Waals surface area (Å²) in [5.41, 5.74) is 3.52. The molecule has 3 heterocycles. The standard InChI is InChI=1S/C26H31N5O2/c32-25(22-6-2-1-3-7-22)19-27-13-11-21-9-10-24(29-18-21)26(33)31-16-14-30(15-17-31)20-23-8-4-5-12-28-23/h1-10,12,18,25,27,32H,11,13-17,19-20H2. The predicted octanol–water partition coefficient (Wildman–Crippen LogP) is 2.30. The van der Waals surface area contributed by atoms with Crippen LogP contribution in [0.15, 0.2) is 73.1 Å². The summed E-state index contributed by atoms with van der Waals surface area (Å²) in [5.74, 6) is -0.0110. The lowest BCUT2D eigenvalue weighted by Gasteiger charge is -2.34. The number of carbonyl (C=O) groups is 1. The summed E-state index contributed by atoms with van der Waals surface area (Å²) in [6.45, 7) is 5.11. The van der Waals surface area contributed by atoms with E-state index in [1.807, 2.05) is 71.8 Å². The van der Waals surface area contributed by atoms with Crippen LogP contribution in [0.3, 0.4) is 0 Å². The SMILES string of the molecule is O=C(c1ccc(CCNCC(O)c2ccccc2)cn1)N1CCN(Cc2ccccn2)CC1. The topological polar surface area (TPSA) is 81.6 Å². The Bertz CT molecular complexity index is 990. The van der Waals surface area contributed by atoms with Gasteiger partial charge in [0.25, 0.3) is 5.91 Å². The van der Waals surface area contributed by atoms with Crippen LogP contribution in [0.5, 0.6) is 0 Å². The maximum absolute atomic E-state index is 12.8. The van der Waals surface area contributed by atoms with Gasteiger partial charge in [0, 0.05) is 51.7 Å². The van der Waals surface area contributed by atoms with E-state index in [4.69, 9.17) is 0 Å². The van der Waals surface area contributed by atoms with Crippen LogP contribution in [0.4, 0.5) is 0 Å². The molecule has 7 heteroatoms. The van der Waals surface area contributed by atoms with Crippen LogP contribution in [0.25, 0.3) is 0 Å². The van der Waals surface area contributed by atoms with E-state index in [2.05, 4.69) is 20.2 Å². The summed E-state index contributed by atoms with van der Waals surface area (Å²) in [6, 6.07) is 19.4. The molecule has 1 fully saturated rings. The lowest BCUT2D eigenvalue weighted by molar-refractivity contribution is 0.0621. The fraction of sp³-hybridized carbons (Fsp3) is 0.346. The number of nitrogens with one attached hydrogen (secondary N) is 1. The number of aliphatic hydroxyl groups is 1. The number of aliphatic hydroxyl groups excluding tert-OH is 1. The van der Waals surface area contributed by atoms with Crippen molar-refractivity contribution >= 4 is 5.91 Å². The van der Waals surface area contributed by atoms with E-state index in [9.17, 15) is 9.90 Å². The molecule has 0 saturated carbocycles. The number of nitrogens with zero attached hydrogens (tertiary/aromatic N) is 4. The lowest BCUT2D eigenvalue weighted by atomic mass is 10.1. The van der Waals surface area contributed by atoms with Crippen molar-refractivity contribution in [3.63, 3.8) is 0 Å². The summed E-state index contributed by atoms with van der Waals surface area (Å²) < 4.78 is 0. The number of amides is 1. The highest BCUT2D eigenvalue weighted by molar-refractivity contribution is 5.92. The van der Waals surface area contributed by atoms with E-state index < -0.39 is 6.10 Å². The van der Waals surface area contributed by atoms with Crippen LogP contribution in [-0.4, -0.2) is 70.1 Å². The first-order valence-corrected chi connectivity index (χ1v) is 11.5. The molecule has 1 aromatic carbocycles. The van der Waals surface area contributed by atoms with Crippen LogP contribution in [0.2, 0.25) is 0 Å². The minimum absolute atomic E-state index is 0.0110. The third-order valence-corrected chi connectivity index (χ3v) is 5.93. The second kappa shape index (κ2) is 11.7. The van der Waals surface area contributed by atoms with Crippen molar-refractivity contribution in [1.29, 1.82) is 0 Å². The fourth-order valence-corrected chi connectivity index (χ4v) is 3.96. The third-order valence-electron chi connectivity index (χ3n) is 5.93. The van der Waals surface area contributed by atoms with E-state index >= 15 is 0 Å². The predicted molar refractivity (Wildman–Crippen MR) is 128 cm³/mol. The smallest absolute Gasteiger partial charge is 0.272 e. The molecular formula is C26H31N5O2. The first-order chi connectivity index (χ1) is 16.2. The zero-order valence-electron chi connectivity index (χ0n) is 18.8. The normalized spacial score (nSPS) is 15.4. The number of hydrogen-bond acceptors (Lipinski definition) is 6. The van der Waals surface area contributed by atoms with Crippen molar-refractivity contribution in [3.05, 3.63) is 95.6 Å². The van der Waals surface area contributed by atoms with Crippen molar-refractivity contribution in [1.82, 2.24) is 25.1 Å². The number of rotatable bonds is 9. The molecule has 4 rings (SSSR count). The highest BCUT2D eigenvalue weighted by Gasteiger charge is 2.23. The molecule has 0 radical (unpaired) electrons. The fourth-order valence-electron chi connectivity index (χ4n) is 3.96. The lowest BCUT2D eigenvalue weighted by Crippen LogP contribution is -2.48. The number of aromatic nitrogens is 2. The van der Waals surface area contributed by atoms with Crippen molar-refractivity contribution < 1.29 is 9.90 Å². The average Bonchev–Trinajstić information content (AvgIpc) is 2.88. The Morgan fingerprint density at radius 1 is 0.970 bits per heavy atom. The summed E-state index contributed by atoms with van der Waals surface area (Å²) in [5, 5.41) is 13.5. The molecule has 1 aliphatic heterocycles. The molecule has 3 aromatic rings. The second-order valence-electron chi connectivity index (χ2n) is 8.32. The van der Waals surface area contributed by atoms with Gasteiger partial charge >= 0.3 is 0 Å². The Labute approximate surface area is 195 Å². The van der Waals surface area contributed by atoms with Gasteiger partial charge in [-0.25, -0.2) is 0 Å². The number of hydrogen-bond donors (Lipinski definition) is 2. The van der Waals surface area contributed by atoms with Gasteiger partial charge in [-0.3, -0.25) is 19.7 Å².